The van der Waals surface area contributed by atoms with Crippen molar-refractivity contribution in [2.45, 2.75) is 37.5 Å². The SMILES string of the molecule is O=C(OCCF)N1CCC(c2nccc(C3CCOCC3)n2)CC1. The Morgan fingerprint density at radius 1 is 1.25 bits per heavy atom. The molecule has 2 saturated heterocycles. The summed E-state index contributed by atoms with van der Waals surface area (Å²) in [5.74, 6) is 1.59. The van der Waals surface area contributed by atoms with Crippen LogP contribution in [0.4, 0.5) is 9.18 Å². The lowest BCUT2D eigenvalue weighted by Crippen LogP contribution is -2.38. The molecule has 0 spiro atoms. The molecule has 1 aromatic heterocycles. The first kappa shape index (κ1) is 17.1. The average molecular weight is 337 g/mol. The van der Waals surface area contributed by atoms with E-state index in [1.165, 1.54) is 0 Å². The third kappa shape index (κ3) is 4.20. The molecule has 3 rings (SSSR count). The predicted molar refractivity (Wildman–Crippen MR) is 85.7 cm³/mol. The smallest absolute Gasteiger partial charge is 0.409 e. The van der Waals surface area contributed by atoms with Crippen LogP contribution >= 0.6 is 0 Å². The molecule has 7 heteroatoms. The van der Waals surface area contributed by atoms with E-state index in [-0.39, 0.29) is 12.5 Å². The van der Waals surface area contributed by atoms with Gasteiger partial charge in [0.2, 0.25) is 0 Å². The lowest BCUT2D eigenvalue weighted by molar-refractivity contribution is 0.0841. The van der Waals surface area contributed by atoms with Crippen LogP contribution in [0, 0.1) is 0 Å². The second-order valence-corrected chi connectivity index (χ2v) is 6.29. The van der Waals surface area contributed by atoms with Gasteiger partial charge in [-0.3, -0.25) is 0 Å². The highest BCUT2D eigenvalue weighted by molar-refractivity contribution is 5.67. The number of carbonyl (C=O) groups is 1. The number of nitrogens with zero attached hydrogens (tertiary/aromatic N) is 3. The standard InChI is InChI=1S/C17H24FN3O3/c18-6-12-24-17(22)21-8-2-14(3-9-21)16-19-7-1-15(20-16)13-4-10-23-11-5-13/h1,7,13-14H,2-6,8-12H2. The third-order valence-electron chi connectivity index (χ3n) is 4.76. The minimum atomic E-state index is -0.644. The van der Waals surface area contributed by atoms with Gasteiger partial charge in [-0.2, -0.15) is 0 Å². The van der Waals surface area contributed by atoms with Crippen molar-refractivity contribution in [3.63, 3.8) is 0 Å². The molecule has 0 bridgehead atoms. The molecule has 0 atom stereocenters. The highest BCUT2D eigenvalue weighted by Crippen LogP contribution is 2.29. The summed E-state index contributed by atoms with van der Waals surface area (Å²) in [5, 5.41) is 0. The number of carbonyl (C=O) groups excluding carboxylic acids is 1. The van der Waals surface area contributed by atoms with Crippen LogP contribution in [0.1, 0.15) is 49.0 Å². The van der Waals surface area contributed by atoms with Gasteiger partial charge in [0.1, 0.15) is 19.1 Å². The number of rotatable bonds is 4. The molecular formula is C17H24FN3O3. The van der Waals surface area contributed by atoms with Crippen molar-refractivity contribution in [2.75, 3.05) is 39.6 Å². The lowest BCUT2D eigenvalue weighted by Gasteiger charge is -2.30. The minimum absolute atomic E-state index is 0.172. The normalized spacial score (nSPS) is 20.1. The van der Waals surface area contributed by atoms with E-state index in [0.717, 1.165) is 50.4 Å². The zero-order chi connectivity index (χ0) is 16.8. The van der Waals surface area contributed by atoms with E-state index in [4.69, 9.17) is 14.5 Å². The van der Waals surface area contributed by atoms with Gasteiger partial charge in [-0.15, -0.1) is 0 Å². The van der Waals surface area contributed by atoms with E-state index >= 15 is 0 Å². The molecule has 1 aromatic rings. The first-order valence-electron chi connectivity index (χ1n) is 8.66. The number of likely N-dealkylation sites (tertiary alicyclic amines) is 1. The molecule has 0 aliphatic carbocycles. The van der Waals surface area contributed by atoms with Crippen molar-refractivity contribution >= 4 is 6.09 Å². The monoisotopic (exact) mass is 337 g/mol. The first-order valence-corrected chi connectivity index (χ1v) is 8.66. The highest BCUT2D eigenvalue weighted by Gasteiger charge is 2.27. The zero-order valence-electron chi connectivity index (χ0n) is 13.8. The Kier molecular flexibility index (Phi) is 5.96. The van der Waals surface area contributed by atoms with Crippen LogP contribution in [0.5, 0.6) is 0 Å². The van der Waals surface area contributed by atoms with E-state index in [1.807, 2.05) is 12.3 Å². The molecule has 132 valence electrons. The largest absolute Gasteiger partial charge is 0.447 e. The molecular weight excluding hydrogens is 313 g/mol. The maximum atomic E-state index is 12.1. The molecule has 2 aliphatic heterocycles. The van der Waals surface area contributed by atoms with Crippen molar-refractivity contribution in [1.82, 2.24) is 14.9 Å². The summed E-state index contributed by atoms with van der Waals surface area (Å²) < 4.78 is 22.3. The Morgan fingerprint density at radius 3 is 2.71 bits per heavy atom. The number of aromatic nitrogens is 2. The van der Waals surface area contributed by atoms with Gasteiger partial charge in [0.15, 0.2) is 0 Å². The van der Waals surface area contributed by atoms with E-state index < -0.39 is 12.8 Å². The first-order chi connectivity index (χ1) is 11.8. The zero-order valence-corrected chi connectivity index (χ0v) is 13.8. The van der Waals surface area contributed by atoms with Gasteiger partial charge in [0.25, 0.3) is 0 Å². The summed E-state index contributed by atoms with van der Waals surface area (Å²) in [5.41, 5.74) is 1.10. The number of halogens is 1. The molecule has 0 unspecified atom stereocenters. The van der Waals surface area contributed by atoms with E-state index in [9.17, 15) is 9.18 Å². The molecule has 2 fully saturated rings. The van der Waals surface area contributed by atoms with Crippen LogP contribution in [-0.2, 0) is 9.47 Å². The van der Waals surface area contributed by atoms with Crippen LogP contribution in [0.15, 0.2) is 12.3 Å². The second kappa shape index (κ2) is 8.37. The fourth-order valence-corrected chi connectivity index (χ4v) is 3.34. The number of alkyl halides is 1. The van der Waals surface area contributed by atoms with Gasteiger partial charge in [-0.05, 0) is 31.7 Å². The number of piperidine rings is 1. The average Bonchev–Trinajstić information content (AvgIpc) is 2.67. The Bertz CT molecular complexity index is 544. The van der Waals surface area contributed by atoms with Gasteiger partial charge in [0, 0.05) is 50.0 Å². The number of hydrogen-bond donors (Lipinski definition) is 0. The van der Waals surface area contributed by atoms with Gasteiger partial charge in [-0.25, -0.2) is 19.2 Å². The Hall–Kier alpha value is -1.76. The molecule has 0 N–H and O–H groups in total. The number of amides is 1. The second-order valence-electron chi connectivity index (χ2n) is 6.29. The van der Waals surface area contributed by atoms with Crippen LogP contribution in [0.3, 0.4) is 0 Å². The summed E-state index contributed by atoms with van der Waals surface area (Å²) >= 11 is 0. The van der Waals surface area contributed by atoms with Crippen LogP contribution in [-0.4, -0.2) is 60.5 Å². The van der Waals surface area contributed by atoms with Crippen molar-refractivity contribution < 1.29 is 18.7 Å². The van der Waals surface area contributed by atoms with E-state index in [1.54, 1.807) is 4.90 Å². The summed E-state index contributed by atoms with van der Waals surface area (Å²) in [6.07, 6.45) is 5.05. The Morgan fingerprint density at radius 2 is 2.00 bits per heavy atom. The number of hydrogen-bond acceptors (Lipinski definition) is 5. The quantitative estimate of drug-likeness (QED) is 0.845. The molecule has 2 aliphatic rings. The van der Waals surface area contributed by atoms with Gasteiger partial charge < -0.3 is 14.4 Å². The van der Waals surface area contributed by atoms with Gasteiger partial charge in [0.05, 0.1) is 0 Å². The van der Waals surface area contributed by atoms with Crippen molar-refractivity contribution in [1.29, 1.82) is 0 Å². The molecule has 0 aromatic carbocycles. The van der Waals surface area contributed by atoms with Crippen LogP contribution in [0.25, 0.3) is 0 Å². The summed E-state index contributed by atoms with van der Waals surface area (Å²) in [6, 6.07) is 2.00. The van der Waals surface area contributed by atoms with Crippen molar-refractivity contribution in [2.24, 2.45) is 0 Å². The summed E-state index contributed by atoms with van der Waals surface area (Å²) in [7, 11) is 0. The lowest BCUT2D eigenvalue weighted by atomic mass is 9.94. The molecule has 1 amide bonds. The molecule has 6 nitrogen and oxygen atoms in total. The van der Waals surface area contributed by atoms with Crippen molar-refractivity contribution in [3.05, 3.63) is 23.8 Å². The summed E-state index contributed by atoms with van der Waals surface area (Å²) in [4.78, 5) is 22.6. The third-order valence-corrected chi connectivity index (χ3v) is 4.76. The highest BCUT2D eigenvalue weighted by atomic mass is 19.1. The van der Waals surface area contributed by atoms with E-state index in [0.29, 0.717) is 19.0 Å². The maximum absolute atomic E-state index is 12.1. The van der Waals surface area contributed by atoms with Crippen molar-refractivity contribution in [3.8, 4) is 0 Å². The van der Waals surface area contributed by atoms with Crippen LogP contribution < -0.4 is 0 Å². The topological polar surface area (TPSA) is 64.5 Å². The number of ether oxygens (including phenoxy) is 2. The molecule has 0 saturated carbocycles. The molecule has 3 heterocycles. The Labute approximate surface area is 141 Å². The maximum Gasteiger partial charge on any atom is 0.409 e. The van der Waals surface area contributed by atoms with Gasteiger partial charge in [-0.1, -0.05) is 0 Å². The fraction of sp³-hybridized carbons (Fsp3) is 0.706. The molecule has 24 heavy (non-hydrogen) atoms. The summed E-state index contributed by atoms with van der Waals surface area (Å²) in [6.45, 7) is 1.97. The fourth-order valence-electron chi connectivity index (χ4n) is 3.34. The van der Waals surface area contributed by atoms with Crippen LogP contribution in [0.2, 0.25) is 0 Å². The van der Waals surface area contributed by atoms with Gasteiger partial charge >= 0.3 is 6.09 Å². The van der Waals surface area contributed by atoms with E-state index in [2.05, 4.69) is 4.98 Å². The minimum Gasteiger partial charge on any atom is -0.447 e. The molecule has 0 radical (unpaired) electrons. The predicted octanol–water partition coefficient (Wildman–Crippen LogP) is 2.66. The Balaban J connectivity index is 1.57.